The molecule has 2 aromatic carbocycles. The third kappa shape index (κ3) is 3.84. The first-order valence-corrected chi connectivity index (χ1v) is 9.48. The van der Waals surface area contributed by atoms with Gasteiger partial charge in [0.05, 0.1) is 0 Å². The number of urea groups is 1. The largest absolute Gasteiger partial charge is 0.325 e. The van der Waals surface area contributed by atoms with Crippen molar-refractivity contribution in [2.45, 2.75) is 25.8 Å². The van der Waals surface area contributed by atoms with Crippen LogP contribution in [-0.4, -0.2) is 29.3 Å². The Kier molecular flexibility index (Phi) is 5.63. The standard InChI is InChI=1S/C20H19Cl2N3O3/c1-3-12-4-7-14(8-5-12)23-17(26)11-25-18(27)20(2,24-19(25)28)15-9-6-13(21)10-16(15)22/h4-10H,3,11H2,1-2H3,(H,23,26)(H,24,28)/t20-/m0/s1. The number of benzene rings is 2. The number of aryl methyl sites for hydroxylation is 1. The Balaban J connectivity index is 1.75. The summed E-state index contributed by atoms with van der Waals surface area (Å²) >= 11 is 12.1. The molecule has 28 heavy (non-hydrogen) atoms. The van der Waals surface area contributed by atoms with Crippen LogP contribution in [0.15, 0.2) is 42.5 Å². The first-order chi connectivity index (χ1) is 13.2. The van der Waals surface area contributed by atoms with E-state index < -0.39 is 29.9 Å². The highest BCUT2D eigenvalue weighted by Gasteiger charge is 2.50. The first kappa shape index (κ1) is 20.2. The van der Waals surface area contributed by atoms with Crippen LogP contribution in [0.1, 0.15) is 25.0 Å². The summed E-state index contributed by atoms with van der Waals surface area (Å²) in [6.07, 6.45) is 0.891. The van der Waals surface area contributed by atoms with Gasteiger partial charge in [-0.15, -0.1) is 0 Å². The monoisotopic (exact) mass is 419 g/mol. The van der Waals surface area contributed by atoms with E-state index in [1.807, 2.05) is 19.1 Å². The molecule has 6 nitrogen and oxygen atoms in total. The van der Waals surface area contributed by atoms with Crippen molar-refractivity contribution >= 4 is 46.7 Å². The maximum Gasteiger partial charge on any atom is 0.325 e. The summed E-state index contributed by atoms with van der Waals surface area (Å²) in [7, 11) is 0. The van der Waals surface area contributed by atoms with E-state index in [1.54, 1.807) is 31.2 Å². The van der Waals surface area contributed by atoms with Crippen LogP contribution in [0.5, 0.6) is 0 Å². The summed E-state index contributed by atoms with van der Waals surface area (Å²) in [6, 6.07) is 11.4. The smallest absolute Gasteiger partial charge is 0.325 e. The third-order valence-electron chi connectivity index (χ3n) is 4.69. The second kappa shape index (κ2) is 7.81. The highest BCUT2D eigenvalue weighted by atomic mass is 35.5. The fourth-order valence-corrected chi connectivity index (χ4v) is 3.68. The van der Waals surface area contributed by atoms with E-state index in [0.29, 0.717) is 16.3 Å². The van der Waals surface area contributed by atoms with Crippen LogP contribution in [-0.2, 0) is 21.5 Å². The van der Waals surface area contributed by atoms with Crippen LogP contribution >= 0.6 is 23.2 Å². The number of imide groups is 1. The summed E-state index contributed by atoms with van der Waals surface area (Å²) in [4.78, 5) is 38.5. The number of anilines is 1. The molecule has 1 atom stereocenters. The van der Waals surface area contributed by atoms with Crippen LogP contribution in [0.3, 0.4) is 0 Å². The molecule has 0 spiro atoms. The molecule has 0 saturated carbocycles. The molecule has 1 heterocycles. The SMILES string of the molecule is CCc1ccc(NC(=O)CN2C(=O)N[C@@](C)(c3ccc(Cl)cc3Cl)C2=O)cc1. The van der Waals surface area contributed by atoms with E-state index in [9.17, 15) is 14.4 Å². The van der Waals surface area contributed by atoms with Crippen molar-refractivity contribution in [2.75, 3.05) is 11.9 Å². The van der Waals surface area contributed by atoms with Gasteiger partial charge in [0.2, 0.25) is 5.91 Å². The number of rotatable bonds is 5. The maximum absolute atomic E-state index is 12.9. The lowest BCUT2D eigenvalue weighted by Gasteiger charge is -2.23. The highest BCUT2D eigenvalue weighted by molar-refractivity contribution is 6.35. The first-order valence-electron chi connectivity index (χ1n) is 8.73. The Morgan fingerprint density at radius 2 is 1.82 bits per heavy atom. The van der Waals surface area contributed by atoms with Crippen LogP contribution in [0, 0.1) is 0 Å². The van der Waals surface area contributed by atoms with Crippen molar-refractivity contribution < 1.29 is 14.4 Å². The second-order valence-electron chi connectivity index (χ2n) is 6.67. The number of nitrogens with one attached hydrogen (secondary N) is 2. The van der Waals surface area contributed by atoms with E-state index >= 15 is 0 Å². The Labute approximate surface area is 172 Å². The van der Waals surface area contributed by atoms with Gasteiger partial charge in [0.15, 0.2) is 0 Å². The zero-order valence-electron chi connectivity index (χ0n) is 15.4. The average Bonchev–Trinajstić information content (AvgIpc) is 2.86. The molecule has 0 unspecified atom stereocenters. The fraction of sp³-hybridized carbons (Fsp3) is 0.250. The van der Waals surface area contributed by atoms with Crippen molar-refractivity contribution in [3.63, 3.8) is 0 Å². The molecule has 146 valence electrons. The van der Waals surface area contributed by atoms with Gasteiger partial charge in [0.1, 0.15) is 12.1 Å². The van der Waals surface area contributed by atoms with Gasteiger partial charge < -0.3 is 10.6 Å². The molecule has 1 saturated heterocycles. The van der Waals surface area contributed by atoms with Crippen molar-refractivity contribution in [2.24, 2.45) is 0 Å². The molecule has 1 fully saturated rings. The minimum atomic E-state index is -1.37. The lowest BCUT2D eigenvalue weighted by Crippen LogP contribution is -2.42. The van der Waals surface area contributed by atoms with E-state index in [1.165, 1.54) is 6.07 Å². The van der Waals surface area contributed by atoms with Gasteiger partial charge in [0, 0.05) is 21.3 Å². The van der Waals surface area contributed by atoms with Crippen molar-refractivity contribution in [3.8, 4) is 0 Å². The molecule has 8 heteroatoms. The van der Waals surface area contributed by atoms with Gasteiger partial charge in [-0.1, -0.05) is 48.3 Å². The highest BCUT2D eigenvalue weighted by Crippen LogP contribution is 2.34. The normalized spacial score (nSPS) is 18.9. The van der Waals surface area contributed by atoms with Crippen LogP contribution in [0.25, 0.3) is 0 Å². The number of halogens is 2. The molecular formula is C20H19Cl2N3O3. The Morgan fingerprint density at radius 3 is 2.43 bits per heavy atom. The number of carbonyl (C=O) groups excluding carboxylic acids is 3. The van der Waals surface area contributed by atoms with Crippen molar-refractivity contribution in [1.82, 2.24) is 10.2 Å². The van der Waals surface area contributed by atoms with Gasteiger partial charge >= 0.3 is 6.03 Å². The summed E-state index contributed by atoms with van der Waals surface area (Å²) in [5, 5.41) is 5.98. The quantitative estimate of drug-likeness (QED) is 0.719. The van der Waals surface area contributed by atoms with Gasteiger partial charge in [0.25, 0.3) is 5.91 Å². The van der Waals surface area contributed by atoms with Gasteiger partial charge in [-0.25, -0.2) is 4.79 Å². The molecular weight excluding hydrogens is 401 g/mol. The van der Waals surface area contributed by atoms with Gasteiger partial charge in [-0.3, -0.25) is 14.5 Å². The summed E-state index contributed by atoms with van der Waals surface area (Å²) in [5.41, 5.74) is 0.775. The topological polar surface area (TPSA) is 78.5 Å². The van der Waals surface area contributed by atoms with E-state index in [4.69, 9.17) is 23.2 Å². The van der Waals surface area contributed by atoms with Crippen molar-refractivity contribution in [3.05, 3.63) is 63.6 Å². The zero-order chi connectivity index (χ0) is 20.5. The molecule has 0 aliphatic carbocycles. The second-order valence-corrected chi connectivity index (χ2v) is 7.51. The predicted octanol–water partition coefficient (Wildman–Crippen LogP) is 3.96. The summed E-state index contributed by atoms with van der Waals surface area (Å²) < 4.78 is 0. The number of hydrogen-bond acceptors (Lipinski definition) is 3. The average molecular weight is 420 g/mol. The lowest BCUT2D eigenvalue weighted by molar-refractivity contribution is -0.133. The molecule has 1 aliphatic heterocycles. The van der Waals surface area contributed by atoms with Crippen LogP contribution in [0.4, 0.5) is 10.5 Å². The molecule has 0 aromatic heterocycles. The molecule has 0 radical (unpaired) electrons. The Morgan fingerprint density at radius 1 is 1.14 bits per heavy atom. The fourth-order valence-electron chi connectivity index (χ4n) is 3.09. The molecule has 1 aliphatic rings. The molecule has 2 aromatic rings. The van der Waals surface area contributed by atoms with E-state index in [0.717, 1.165) is 16.9 Å². The van der Waals surface area contributed by atoms with Gasteiger partial charge in [-0.2, -0.15) is 0 Å². The zero-order valence-corrected chi connectivity index (χ0v) is 16.9. The van der Waals surface area contributed by atoms with Crippen molar-refractivity contribution in [1.29, 1.82) is 0 Å². The summed E-state index contributed by atoms with van der Waals surface area (Å²) in [5.74, 6) is -1.03. The summed E-state index contributed by atoms with van der Waals surface area (Å²) in [6.45, 7) is 3.18. The van der Waals surface area contributed by atoms with Gasteiger partial charge in [-0.05, 0) is 43.2 Å². The maximum atomic E-state index is 12.9. The van der Waals surface area contributed by atoms with Crippen LogP contribution in [0.2, 0.25) is 10.0 Å². The Hall–Kier alpha value is -2.57. The number of amides is 4. The Bertz CT molecular complexity index is 946. The van der Waals surface area contributed by atoms with E-state index in [-0.39, 0.29) is 5.02 Å². The minimum Gasteiger partial charge on any atom is -0.325 e. The third-order valence-corrected chi connectivity index (χ3v) is 5.24. The number of hydrogen-bond donors (Lipinski definition) is 2. The van der Waals surface area contributed by atoms with E-state index in [2.05, 4.69) is 10.6 Å². The van der Waals surface area contributed by atoms with Crippen LogP contribution < -0.4 is 10.6 Å². The lowest BCUT2D eigenvalue weighted by atomic mass is 9.92. The molecule has 2 N–H and O–H groups in total. The molecule has 4 amide bonds. The molecule has 3 rings (SSSR count). The predicted molar refractivity (Wildman–Crippen MR) is 109 cm³/mol. The molecule has 0 bridgehead atoms. The minimum absolute atomic E-state index is 0.256. The number of carbonyl (C=O) groups is 3. The number of nitrogens with zero attached hydrogens (tertiary/aromatic N) is 1.